The van der Waals surface area contributed by atoms with E-state index >= 15 is 0 Å². The van der Waals surface area contributed by atoms with E-state index in [0.29, 0.717) is 0 Å². The van der Waals surface area contributed by atoms with Gasteiger partial charge in [0.1, 0.15) is 5.75 Å². The molecule has 8 aromatic rings. The fourth-order valence-corrected chi connectivity index (χ4v) is 7.25. The van der Waals surface area contributed by atoms with Gasteiger partial charge in [-0.05, 0) is 81.7 Å². The van der Waals surface area contributed by atoms with Gasteiger partial charge in [-0.3, -0.25) is 0 Å². The smallest absolute Gasteiger partial charge is 0.119 e. The Morgan fingerprint density at radius 1 is 0.500 bits per heavy atom. The van der Waals surface area contributed by atoms with Crippen LogP contribution in [0.3, 0.4) is 0 Å². The van der Waals surface area contributed by atoms with Crippen LogP contribution < -0.4 is 9.64 Å². The van der Waals surface area contributed by atoms with Crippen LogP contribution in [0.25, 0.3) is 52.8 Å². The lowest BCUT2D eigenvalue weighted by atomic mass is 9.93. The van der Waals surface area contributed by atoms with Crippen LogP contribution in [0.4, 0.5) is 17.1 Å². The van der Waals surface area contributed by atoms with Crippen LogP contribution in [0.2, 0.25) is 0 Å². The summed E-state index contributed by atoms with van der Waals surface area (Å²) in [6.45, 7) is 0. The molecule has 2 nitrogen and oxygen atoms in total. The van der Waals surface area contributed by atoms with Crippen molar-refractivity contribution in [1.82, 2.24) is 0 Å². The Bertz CT molecular complexity index is 2250. The molecule has 1 heterocycles. The highest BCUT2D eigenvalue weighted by Gasteiger charge is 2.21. The number of ether oxygens (including phenoxy) is 1. The van der Waals surface area contributed by atoms with Crippen molar-refractivity contribution in [2.24, 2.45) is 0 Å². The molecule has 0 saturated carbocycles. The summed E-state index contributed by atoms with van der Waals surface area (Å²) >= 11 is 1.85. The number of rotatable bonds is 5. The van der Waals surface area contributed by atoms with E-state index in [1.54, 1.807) is 7.11 Å². The number of nitrogens with zero attached hydrogens (tertiary/aromatic N) is 1. The first kappa shape index (κ1) is 24.7. The van der Waals surface area contributed by atoms with Crippen molar-refractivity contribution >= 4 is 70.1 Å². The fraction of sp³-hybridized carbons (Fsp3) is 0.0256. The lowest BCUT2D eigenvalue weighted by Crippen LogP contribution is -2.11. The minimum absolute atomic E-state index is 0.840. The summed E-state index contributed by atoms with van der Waals surface area (Å²) < 4.78 is 8.11. The van der Waals surface area contributed by atoms with Gasteiger partial charge in [-0.1, -0.05) is 91.0 Å². The van der Waals surface area contributed by atoms with Crippen molar-refractivity contribution < 1.29 is 4.74 Å². The van der Waals surface area contributed by atoms with Crippen LogP contribution in [0.5, 0.6) is 5.75 Å². The topological polar surface area (TPSA) is 12.5 Å². The van der Waals surface area contributed by atoms with Crippen LogP contribution in [-0.4, -0.2) is 7.11 Å². The maximum Gasteiger partial charge on any atom is 0.119 e. The van der Waals surface area contributed by atoms with E-state index in [1.165, 1.54) is 52.8 Å². The van der Waals surface area contributed by atoms with Crippen molar-refractivity contribution in [3.8, 4) is 16.9 Å². The van der Waals surface area contributed by atoms with Gasteiger partial charge < -0.3 is 9.64 Å². The third-order valence-electron chi connectivity index (χ3n) is 8.14. The molecule has 8 rings (SSSR count). The van der Waals surface area contributed by atoms with Crippen molar-refractivity contribution in [2.45, 2.75) is 0 Å². The minimum atomic E-state index is 0.840. The molecule has 0 radical (unpaired) electrons. The Morgan fingerprint density at radius 3 is 2.00 bits per heavy atom. The van der Waals surface area contributed by atoms with Gasteiger partial charge in [0, 0.05) is 37.1 Å². The monoisotopic (exact) mass is 557 g/mol. The summed E-state index contributed by atoms with van der Waals surface area (Å²) in [6, 6.07) is 52.5. The molecule has 0 spiro atoms. The van der Waals surface area contributed by atoms with Crippen LogP contribution in [0.15, 0.2) is 146 Å². The van der Waals surface area contributed by atoms with E-state index in [0.717, 1.165) is 22.8 Å². The Morgan fingerprint density at radius 2 is 1.17 bits per heavy atom. The van der Waals surface area contributed by atoms with Crippen LogP contribution in [0, 0.1) is 0 Å². The maximum atomic E-state index is 5.53. The molecule has 0 aliphatic heterocycles. The largest absolute Gasteiger partial charge is 0.497 e. The van der Waals surface area contributed by atoms with Gasteiger partial charge in [-0.2, -0.15) is 0 Å². The molecule has 0 aliphatic rings. The molecule has 42 heavy (non-hydrogen) atoms. The van der Waals surface area contributed by atoms with Gasteiger partial charge in [0.05, 0.1) is 12.8 Å². The number of methoxy groups -OCH3 is 1. The Hall–Kier alpha value is -5.12. The molecule has 7 aromatic carbocycles. The van der Waals surface area contributed by atoms with Gasteiger partial charge in [0.25, 0.3) is 0 Å². The standard InChI is InChI=1S/C39H27NOS/c1-41-32-20-17-30(18-21-32)40(31-19-22-35-34-12-6-7-13-37(34)42-38(35)25-31)36-23-16-27-9-4-5-11-33(27)39(36)29-15-14-26-8-2-3-10-28(26)24-29/h2-25H,1H3. The van der Waals surface area contributed by atoms with E-state index in [9.17, 15) is 0 Å². The normalized spacial score (nSPS) is 11.5. The van der Waals surface area contributed by atoms with Crippen molar-refractivity contribution in [1.29, 1.82) is 0 Å². The zero-order valence-corrected chi connectivity index (χ0v) is 23.9. The number of hydrogen-bond donors (Lipinski definition) is 0. The summed E-state index contributed by atoms with van der Waals surface area (Å²) in [6.07, 6.45) is 0. The number of hydrogen-bond acceptors (Lipinski definition) is 3. The first-order valence-electron chi connectivity index (χ1n) is 14.1. The second kappa shape index (κ2) is 10.1. The van der Waals surface area contributed by atoms with E-state index in [-0.39, 0.29) is 0 Å². The Kier molecular flexibility index (Phi) is 5.90. The quantitative estimate of drug-likeness (QED) is 0.209. The highest BCUT2D eigenvalue weighted by Crippen LogP contribution is 2.46. The van der Waals surface area contributed by atoms with Crippen LogP contribution >= 0.6 is 11.3 Å². The molecule has 0 bridgehead atoms. The Labute approximate surface area is 248 Å². The van der Waals surface area contributed by atoms with Crippen molar-refractivity contribution in [3.63, 3.8) is 0 Å². The molecule has 0 N–H and O–H groups in total. The first-order chi connectivity index (χ1) is 20.8. The van der Waals surface area contributed by atoms with Gasteiger partial charge in [0.15, 0.2) is 0 Å². The second-order valence-electron chi connectivity index (χ2n) is 10.6. The molecular formula is C39H27NOS. The lowest BCUT2D eigenvalue weighted by molar-refractivity contribution is 0.415. The SMILES string of the molecule is COc1ccc(N(c2ccc3c(c2)sc2ccccc23)c2ccc3ccccc3c2-c2ccc3ccccc3c2)cc1. The second-order valence-corrected chi connectivity index (χ2v) is 11.6. The van der Waals surface area contributed by atoms with Gasteiger partial charge >= 0.3 is 0 Å². The predicted octanol–water partition coefficient (Wildman–Crippen LogP) is 11.5. The summed E-state index contributed by atoms with van der Waals surface area (Å²) in [5.74, 6) is 0.840. The van der Waals surface area contributed by atoms with E-state index in [2.05, 4.69) is 138 Å². The van der Waals surface area contributed by atoms with Crippen molar-refractivity contribution in [2.75, 3.05) is 12.0 Å². The van der Waals surface area contributed by atoms with Crippen molar-refractivity contribution in [3.05, 3.63) is 146 Å². The summed E-state index contributed by atoms with van der Waals surface area (Å²) in [5, 5.41) is 7.53. The zero-order valence-electron chi connectivity index (χ0n) is 23.1. The predicted molar refractivity (Wildman–Crippen MR) is 181 cm³/mol. The Balaban J connectivity index is 1.42. The third-order valence-corrected chi connectivity index (χ3v) is 9.27. The molecule has 0 fully saturated rings. The molecule has 0 unspecified atom stereocenters. The minimum Gasteiger partial charge on any atom is -0.497 e. The summed E-state index contributed by atoms with van der Waals surface area (Å²) in [5.41, 5.74) is 5.74. The van der Waals surface area contributed by atoms with Crippen LogP contribution in [0.1, 0.15) is 0 Å². The lowest BCUT2D eigenvalue weighted by Gasteiger charge is -2.29. The zero-order chi connectivity index (χ0) is 28.0. The fourth-order valence-electron chi connectivity index (χ4n) is 6.11. The number of anilines is 3. The average molecular weight is 558 g/mol. The highest BCUT2D eigenvalue weighted by atomic mass is 32.1. The third kappa shape index (κ3) is 4.09. The van der Waals surface area contributed by atoms with E-state index in [1.807, 2.05) is 23.5 Å². The maximum absolute atomic E-state index is 5.53. The molecule has 200 valence electrons. The number of benzene rings is 7. The van der Waals surface area contributed by atoms with Gasteiger partial charge in [0.2, 0.25) is 0 Å². The van der Waals surface area contributed by atoms with Gasteiger partial charge in [-0.25, -0.2) is 0 Å². The van der Waals surface area contributed by atoms with Crippen LogP contribution in [-0.2, 0) is 0 Å². The number of fused-ring (bicyclic) bond motifs is 5. The summed E-state index contributed by atoms with van der Waals surface area (Å²) in [4.78, 5) is 2.39. The van der Waals surface area contributed by atoms with E-state index in [4.69, 9.17) is 4.74 Å². The first-order valence-corrected chi connectivity index (χ1v) is 14.9. The number of thiophene rings is 1. The van der Waals surface area contributed by atoms with E-state index < -0.39 is 0 Å². The molecule has 1 aromatic heterocycles. The highest BCUT2D eigenvalue weighted by molar-refractivity contribution is 7.25. The molecule has 0 amide bonds. The molecule has 0 atom stereocenters. The molecule has 0 aliphatic carbocycles. The van der Waals surface area contributed by atoms with Gasteiger partial charge in [-0.15, -0.1) is 11.3 Å². The average Bonchev–Trinajstić information content (AvgIpc) is 3.43. The summed E-state index contributed by atoms with van der Waals surface area (Å²) in [7, 11) is 1.71. The molecular weight excluding hydrogens is 531 g/mol. The molecule has 0 saturated heterocycles. The molecule has 3 heteroatoms.